The highest BCUT2D eigenvalue weighted by molar-refractivity contribution is 5.87. The highest BCUT2D eigenvalue weighted by Crippen LogP contribution is 2.37. The Morgan fingerprint density at radius 1 is 1.56 bits per heavy atom. The first-order chi connectivity index (χ1) is 7.39. The molecule has 0 radical (unpaired) electrons. The first-order valence-electron chi connectivity index (χ1n) is 4.72. The van der Waals surface area contributed by atoms with E-state index in [-0.39, 0.29) is 6.61 Å². The van der Waals surface area contributed by atoms with Crippen LogP contribution in [0.5, 0.6) is 0 Å². The maximum Gasteiger partial charge on any atom is 0.335 e. The molecule has 5 nitrogen and oxygen atoms in total. The van der Waals surface area contributed by atoms with E-state index in [9.17, 15) is 9.59 Å². The molecule has 2 atom stereocenters. The molecule has 0 N–H and O–H groups in total. The smallest absolute Gasteiger partial charge is 0.335 e. The van der Waals surface area contributed by atoms with Crippen LogP contribution in [0.3, 0.4) is 0 Å². The van der Waals surface area contributed by atoms with Crippen LogP contribution in [0.1, 0.15) is 13.8 Å². The summed E-state index contributed by atoms with van der Waals surface area (Å²) in [6, 6.07) is 0. The molecule has 0 saturated carbocycles. The van der Waals surface area contributed by atoms with E-state index in [2.05, 4.69) is 13.2 Å². The van der Waals surface area contributed by atoms with Crippen LogP contribution in [0.4, 0.5) is 0 Å². The van der Waals surface area contributed by atoms with E-state index >= 15 is 0 Å². The number of carbonyl (C=O) groups excluding carboxylic acids is 2. The Morgan fingerprint density at radius 3 is 2.69 bits per heavy atom. The molecule has 0 spiro atoms. The van der Waals surface area contributed by atoms with Crippen molar-refractivity contribution in [1.82, 2.24) is 0 Å². The standard InChI is InChI=1S/C11H14O5/c1-5-8(12)14-6-11(4)10(16-11)15-9(13)7(2)3/h5,10H,1-2,6H2,3-4H3. The van der Waals surface area contributed by atoms with Gasteiger partial charge < -0.3 is 14.2 Å². The van der Waals surface area contributed by atoms with Crippen LogP contribution in [0.15, 0.2) is 24.8 Å². The number of rotatable bonds is 5. The lowest BCUT2D eigenvalue weighted by molar-refractivity contribution is -0.143. The van der Waals surface area contributed by atoms with Crippen molar-refractivity contribution in [3.63, 3.8) is 0 Å². The van der Waals surface area contributed by atoms with Crippen LogP contribution in [-0.2, 0) is 23.8 Å². The van der Waals surface area contributed by atoms with Gasteiger partial charge in [-0.3, -0.25) is 0 Å². The molecule has 1 aliphatic heterocycles. The zero-order valence-corrected chi connectivity index (χ0v) is 9.32. The summed E-state index contributed by atoms with van der Waals surface area (Å²) in [6.07, 6.45) is 0.370. The fourth-order valence-electron chi connectivity index (χ4n) is 0.932. The maximum absolute atomic E-state index is 11.1. The number of hydrogen-bond donors (Lipinski definition) is 0. The zero-order valence-electron chi connectivity index (χ0n) is 9.32. The Hall–Kier alpha value is -1.62. The molecule has 0 aromatic carbocycles. The molecule has 1 rings (SSSR count). The van der Waals surface area contributed by atoms with Crippen molar-refractivity contribution in [3.8, 4) is 0 Å². The van der Waals surface area contributed by atoms with E-state index in [1.54, 1.807) is 13.8 Å². The maximum atomic E-state index is 11.1. The third-order valence-corrected chi connectivity index (χ3v) is 2.05. The molecule has 0 amide bonds. The summed E-state index contributed by atoms with van der Waals surface area (Å²) in [4.78, 5) is 22.0. The second kappa shape index (κ2) is 4.49. The van der Waals surface area contributed by atoms with E-state index in [1.807, 2.05) is 0 Å². The summed E-state index contributed by atoms with van der Waals surface area (Å²) in [5, 5.41) is 0. The average Bonchev–Trinajstić information content (AvgIpc) is 2.86. The molecule has 88 valence electrons. The summed E-state index contributed by atoms with van der Waals surface area (Å²) < 4.78 is 14.8. The summed E-state index contributed by atoms with van der Waals surface area (Å²) in [5.41, 5.74) is -0.468. The van der Waals surface area contributed by atoms with Gasteiger partial charge in [-0.25, -0.2) is 9.59 Å². The summed E-state index contributed by atoms with van der Waals surface area (Å²) in [7, 11) is 0. The van der Waals surface area contributed by atoms with Crippen molar-refractivity contribution in [3.05, 3.63) is 24.8 Å². The van der Waals surface area contributed by atoms with Gasteiger partial charge in [0.15, 0.2) is 5.60 Å². The molecule has 0 bridgehead atoms. The highest BCUT2D eigenvalue weighted by Gasteiger charge is 2.57. The molecule has 1 aliphatic rings. The minimum atomic E-state index is -0.760. The third kappa shape index (κ3) is 2.93. The first kappa shape index (κ1) is 12.4. The van der Waals surface area contributed by atoms with E-state index in [1.165, 1.54) is 0 Å². The van der Waals surface area contributed by atoms with Gasteiger partial charge in [-0.05, 0) is 13.8 Å². The molecular formula is C11H14O5. The van der Waals surface area contributed by atoms with Crippen LogP contribution >= 0.6 is 0 Å². The van der Waals surface area contributed by atoms with Gasteiger partial charge in [0.25, 0.3) is 0 Å². The Kier molecular flexibility index (Phi) is 3.49. The second-order valence-electron chi connectivity index (χ2n) is 3.76. The largest absolute Gasteiger partial charge is 0.459 e. The number of hydrogen-bond acceptors (Lipinski definition) is 5. The van der Waals surface area contributed by atoms with Crippen molar-refractivity contribution in [2.45, 2.75) is 25.7 Å². The van der Waals surface area contributed by atoms with Gasteiger partial charge in [-0.1, -0.05) is 13.2 Å². The molecule has 0 aromatic rings. The van der Waals surface area contributed by atoms with Gasteiger partial charge in [0.05, 0.1) is 0 Å². The minimum absolute atomic E-state index is 0.0198. The highest BCUT2D eigenvalue weighted by atomic mass is 16.8. The van der Waals surface area contributed by atoms with Crippen molar-refractivity contribution >= 4 is 11.9 Å². The normalized spacial score (nSPS) is 26.8. The lowest BCUT2D eigenvalue weighted by Gasteiger charge is -2.06. The minimum Gasteiger partial charge on any atom is -0.459 e. The van der Waals surface area contributed by atoms with Crippen molar-refractivity contribution in [2.75, 3.05) is 6.61 Å². The quantitative estimate of drug-likeness (QED) is 0.396. The second-order valence-corrected chi connectivity index (χ2v) is 3.76. The molecule has 0 aliphatic carbocycles. The Balaban J connectivity index is 2.35. The number of ether oxygens (including phenoxy) is 3. The van der Waals surface area contributed by atoms with Gasteiger partial charge in [0.1, 0.15) is 6.61 Å². The molecular weight excluding hydrogens is 212 g/mol. The molecule has 1 saturated heterocycles. The van der Waals surface area contributed by atoms with Crippen molar-refractivity contribution < 1.29 is 23.8 Å². The SMILES string of the molecule is C=CC(=O)OCC1(C)OC1OC(=O)C(=C)C. The predicted molar refractivity (Wildman–Crippen MR) is 55.3 cm³/mol. The van der Waals surface area contributed by atoms with E-state index in [0.29, 0.717) is 5.57 Å². The third-order valence-electron chi connectivity index (χ3n) is 2.05. The number of esters is 2. The van der Waals surface area contributed by atoms with Crippen LogP contribution in [0, 0.1) is 0 Å². The lowest BCUT2D eigenvalue weighted by atomic mass is 10.2. The average molecular weight is 226 g/mol. The molecule has 1 fully saturated rings. The number of carbonyl (C=O) groups is 2. The molecule has 16 heavy (non-hydrogen) atoms. The van der Waals surface area contributed by atoms with Crippen LogP contribution in [-0.4, -0.2) is 30.4 Å². The Labute approximate surface area is 93.7 Å². The van der Waals surface area contributed by atoms with Gasteiger partial charge in [0.2, 0.25) is 6.29 Å². The van der Waals surface area contributed by atoms with Gasteiger partial charge >= 0.3 is 11.9 Å². The summed E-state index contributed by atoms with van der Waals surface area (Å²) >= 11 is 0. The van der Waals surface area contributed by atoms with Crippen molar-refractivity contribution in [1.29, 1.82) is 0 Å². The first-order valence-corrected chi connectivity index (χ1v) is 4.72. The fraction of sp³-hybridized carbons (Fsp3) is 0.455. The van der Waals surface area contributed by atoms with E-state index in [4.69, 9.17) is 14.2 Å². The Morgan fingerprint density at radius 2 is 2.19 bits per heavy atom. The van der Waals surface area contributed by atoms with Crippen LogP contribution in [0.2, 0.25) is 0 Å². The number of epoxide rings is 1. The zero-order chi connectivity index (χ0) is 12.3. The van der Waals surface area contributed by atoms with Gasteiger partial charge in [-0.2, -0.15) is 0 Å². The fourth-order valence-corrected chi connectivity index (χ4v) is 0.932. The monoisotopic (exact) mass is 226 g/mol. The molecule has 0 aromatic heterocycles. The van der Waals surface area contributed by atoms with E-state index < -0.39 is 23.8 Å². The molecule has 2 unspecified atom stereocenters. The van der Waals surface area contributed by atoms with Crippen LogP contribution < -0.4 is 0 Å². The predicted octanol–water partition coefficient (Wildman–Crippen LogP) is 0.950. The molecule has 1 heterocycles. The van der Waals surface area contributed by atoms with Gasteiger partial charge in [-0.15, -0.1) is 0 Å². The lowest BCUT2D eigenvalue weighted by Crippen LogP contribution is -2.23. The summed E-state index contributed by atoms with van der Waals surface area (Å²) in [5.74, 6) is -1.06. The topological polar surface area (TPSA) is 65.1 Å². The molecule has 5 heteroatoms. The van der Waals surface area contributed by atoms with Crippen molar-refractivity contribution in [2.24, 2.45) is 0 Å². The van der Waals surface area contributed by atoms with E-state index in [0.717, 1.165) is 6.08 Å². The van der Waals surface area contributed by atoms with Gasteiger partial charge in [0, 0.05) is 11.6 Å². The van der Waals surface area contributed by atoms with Crippen LogP contribution in [0.25, 0.3) is 0 Å². The summed E-state index contributed by atoms with van der Waals surface area (Å²) in [6.45, 7) is 9.94. The Bertz CT molecular complexity index is 346.